The Morgan fingerprint density at radius 1 is 0.521 bits per heavy atom. The van der Waals surface area contributed by atoms with Crippen LogP contribution in [0.15, 0.2) is 0 Å². The lowest BCUT2D eigenvalue weighted by molar-refractivity contribution is -0.198. The van der Waals surface area contributed by atoms with E-state index in [1.54, 1.807) is 0 Å². The molecule has 0 aromatic carbocycles. The Morgan fingerprint density at radius 2 is 0.771 bits per heavy atom. The van der Waals surface area contributed by atoms with E-state index in [1.165, 1.54) is 0 Å². The molecule has 274 valence electrons. The van der Waals surface area contributed by atoms with Crippen molar-refractivity contribution in [2.75, 3.05) is 79.3 Å². The third-order valence-corrected chi connectivity index (χ3v) is 8.17. The molecule has 4 amide bonds. The number of hydrogen-bond donors (Lipinski definition) is 2. The number of amides is 4. The Balaban J connectivity index is 1.32. The summed E-state index contributed by atoms with van der Waals surface area (Å²) in [6.45, 7) is 1.98. The van der Waals surface area contributed by atoms with Crippen LogP contribution in [0.2, 0.25) is 0 Å². The summed E-state index contributed by atoms with van der Waals surface area (Å²) in [5.41, 5.74) is 0. The Labute approximate surface area is 274 Å². The van der Waals surface area contributed by atoms with Gasteiger partial charge in [-0.1, -0.05) is 0 Å². The molecule has 0 aromatic rings. The van der Waals surface area contributed by atoms with Crippen LogP contribution in [-0.2, 0) is 87.1 Å². The van der Waals surface area contributed by atoms with Crippen molar-refractivity contribution in [3.8, 4) is 0 Å². The van der Waals surface area contributed by atoms with Crippen LogP contribution < -0.4 is 0 Å². The van der Waals surface area contributed by atoms with Gasteiger partial charge in [0, 0.05) is 0 Å². The molecule has 2 unspecified atom stereocenters. The first kappa shape index (κ1) is 41.0. The van der Waals surface area contributed by atoms with Crippen molar-refractivity contribution in [3.05, 3.63) is 0 Å². The predicted octanol–water partition coefficient (Wildman–Crippen LogP) is -3.19. The lowest BCUT2D eigenvalue weighted by Gasteiger charge is -2.13. The van der Waals surface area contributed by atoms with Gasteiger partial charge in [0.1, 0.15) is 0 Å². The SMILES string of the molecule is O=C(CCOCCOCCOCCOCCOCCOCCC(=O)ON1C(=O)CC(S(=O)(=O)O)C1=O)ON1C(=O)CC(S(=O)(=O)O)C1=O. The molecular formula is C24H36N2O20S2. The summed E-state index contributed by atoms with van der Waals surface area (Å²) in [5.74, 6) is -6.87. The van der Waals surface area contributed by atoms with E-state index in [0.29, 0.717) is 13.2 Å². The molecule has 2 N–H and O–H groups in total. The maximum absolute atomic E-state index is 11.8. The summed E-state index contributed by atoms with van der Waals surface area (Å²) in [7, 11) is -9.62. The normalized spacial score (nSPS) is 18.6. The van der Waals surface area contributed by atoms with Crippen molar-refractivity contribution in [1.82, 2.24) is 10.1 Å². The zero-order valence-electron chi connectivity index (χ0n) is 25.4. The number of nitrogens with zero attached hydrogens (tertiary/aromatic N) is 2. The highest BCUT2D eigenvalue weighted by Crippen LogP contribution is 2.21. The highest BCUT2D eigenvalue weighted by atomic mass is 32.2. The van der Waals surface area contributed by atoms with Crippen molar-refractivity contribution in [3.63, 3.8) is 0 Å². The molecule has 0 bridgehead atoms. The number of carbonyl (C=O) groups excluding carboxylic acids is 6. The average molecular weight is 737 g/mol. The smallest absolute Gasteiger partial charge is 0.335 e. The quantitative estimate of drug-likeness (QED) is 0.0530. The monoisotopic (exact) mass is 736 g/mol. The van der Waals surface area contributed by atoms with Crippen LogP contribution in [0, 0.1) is 0 Å². The van der Waals surface area contributed by atoms with Crippen molar-refractivity contribution >= 4 is 55.8 Å². The fourth-order valence-electron chi connectivity index (χ4n) is 3.63. The van der Waals surface area contributed by atoms with Gasteiger partial charge in [-0.3, -0.25) is 28.3 Å². The largest absolute Gasteiger partial charge is 0.378 e. The number of ether oxygens (including phenoxy) is 6. The van der Waals surface area contributed by atoms with E-state index in [0.717, 1.165) is 0 Å². The summed E-state index contributed by atoms with van der Waals surface area (Å²) < 4.78 is 93.8. The minimum absolute atomic E-state index is 0.0149. The summed E-state index contributed by atoms with van der Waals surface area (Å²) in [6.07, 6.45) is -2.33. The maximum Gasteiger partial charge on any atom is 0.335 e. The molecule has 2 atom stereocenters. The van der Waals surface area contributed by atoms with Gasteiger partial charge in [-0.2, -0.15) is 16.8 Å². The number of carbonyl (C=O) groups is 6. The van der Waals surface area contributed by atoms with Gasteiger partial charge in [0.15, 0.2) is 10.5 Å². The van der Waals surface area contributed by atoms with Crippen molar-refractivity contribution in [2.24, 2.45) is 0 Å². The molecule has 0 radical (unpaired) electrons. The number of hydroxylamine groups is 4. The molecule has 0 saturated carbocycles. The molecule has 0 aromatic heterocycles. The molecule has 2 aliphatic rings. The van der Waals surface area contributed by atoms with Gasteiger partial charge in [-0.05, 0) is 0 Å². The summed E-state index contributed by atoms with van der Waals surface area (Å²) in [4.78, 5) is 79.5. The van der Waals surface area contributed by atoms with E-state index in [4.69, 9.17) is 37.5 Å². The number of rotatable bonds is 25. The van der Waals surface area contributed by atoms with E-state index in [9.17, 15) is 45.6 Å². The van der Waals surface area contributed by atoms with Crippen LogP contribution >= 0.6 is 0 Å². The fraction of sp³-hybridized carbons (Fsp3) is 0.750. The lowest BCUT2D eigenvalue weighted by atomic mass is 10.4. The van der Waals surface area contributed by atoms with E-state index in [-0.39, 0.29) is 89.0 Å². The van der Waals surface area contributed by atoms with Crippen LogP contribution in [0.4, 0.5) is 0 Å². The van der Waals surface area contributed by atoms with E-state index < -0.39 is 79.1 Å². The van der Waals surface area contributed by atoms with E-state index in [1.807, 2.05) is 0 Å². The van der Waals surface area contributed by atoms with Gasteiger partial charge in [-0.15, -0.1) is 10.1 Å². The van der Waals surface area contributed by atoms with Crippen molar-refractivity contribution in [2.45, 2.75) is 36.2 Å². The zero-order valence-corrected chi connectivity index (χ0v) is 27.1. The molecule has 2 heterocycles. The van der Waals surface area contributed by atoms with Crippen LogP contribution in [0.3, 0.4) is 0 Å². The highest BCUT2D eigenvalue weighted by Gasteiger charge is 2.49. The standard InChI is InChI=1S/C24H36N2O20S2/c27-19-15-17(47(33,34)35)23(31)25(19)45-21(29)1-3-39-5-7-41-9-11-43-13-14-44-12-10-42-8-6-40-4-2-22(30)46-26-20(28)16-18(24(26)32)48(36,37)38/h17-18H,1-16H2,(H,33,34,35)(H,36,37,38). The van der Waals surface area contributed by atoms with E-state index in [2.05, 4.69) is 9.68 Å². The minimum Gasteiger partial charge on any atom is -0.378 e. The second-order valence-electron chi connectivity index (χ2n) is 9.57. The average Bonchev–Trinajstić information content (AvgIpc) is 3.45. The maximum atomic E-state index is 11.8. The van der Waals surface area contributed by atoms with Gasteiger partial charge in [0.25, 0.3) is 43.9 Å². The molecule has 2 rings (SSSR count). The van der Waals surface area contributed by atoms with Gasteiger partial charge in [0.05, 0.1) is 105 Å². The predicted molar refractivity (Wildman–Crippen MR) is 150 cm³/mol. The Hall–Kier alpha value is -3.20. The molecule has 0 aliphatic carbocycles. The second-order valence-corrected chi connectivity index (χ2v) is 12.8. The Morgan fingerprint density at radius 3 is 1.00 bits per heavy atom. The van der Waals surface area contributed by atoms with Gasteiger partial charge in [-0.25, -0.2) is 9.59 Å². The number of imide groups is 2. The highest BCUT2D eigenvalue weighted by molar-refractivity contribution is 7.87. The zero-order chi connectivity index (χ0) is 35.7. The molecular weight excluding hydrogens is 700 g/mol. The van der Waals surface area contributed by atoms with Gasteiger partial charge < -0.3 is 38.1 Å². The summed E-state index contributed by atoms with van der Waals surface area (Å²) in [6, 6.07) is 0. The fourth-order valence-corrected chi connectivity index (χ4v) is 5.04. The molecule has 2 saturated heterocycles. The molecule has 24 heteroatoms. The first-order valence-corrected chi connectivity index (χ1v) is 17.2. The summed E-state index contributed by atoms with van der Waals surface area (Å²) >= 11 is 0. The summed E-state index contributed by atoms with van der Waals surface area (Å²) in [5, 5.41) is -3.98. The van der Waals surface area contributed by atoms with Crippen molar-refractivity contribution in [1.29, 1.82) is 0 Å². The lowest BCUT2D eigenvalue weighted by Crippen LogP contribution is -2.36. The topological polar surface area (TPSA) is 291 Å². The Kier molecular flexibility index (Phi) is 17.4. The van der Waals surface area contributed by atoms with Crippen LogP contribution in [0.5, 0.6) is 0 Å². The number of hydrogen-bond acceptors (Lipinski definition) is 18. The van der Waals surface area contributed by atoms with E-state index >= 15 is 0 Å². The third-order valence-electron chi connectivity index (χ3n) is 5.99. The Bertz CT molecular complexity index is 1250. The van der Waals surface area contributed by atoms with Crippen molar-refractivity contribution < 1.29 is 92.8 Å². The van der Waals surface area contributed by atoms with Crippen LogP contribution in [0.25, 0.3) is 0 Å². The van der Waals surface area contributed by atoms with Crippen LogP contribution in [-0.4, -0.2) is 161 Å². The van der Waals surface area contributed by atoms with Gasteiger partial charge in [0.2, 0.25) is 0 Å². The minimum atomic E-state index is -4.81. The first-order chi connectivity index (χ1) is 22.6. The molecule has 22 nitrogen and oxygen atoms in total. The molecule has 48 heavy (non-hydrogen) atoms. The molecule has 2 fully saturated rings. The van der Waals surface area contributed by atoms with Crippen LogP contribution in [0.1, 0.15) is 25.7 Å². The molecule has 2 aliphatic heterocycles. The second kappa shape index (κ2) is 20.3. The third kappa shape index (κ3) is 14.5. The van der Waals surface area contributed by atoms with Gasteiger partial charge >= 0.3 is 11.9 Å². The molecule has 0 spiro atoms. The first-order valence-electron chi connectivity index (χ1n) is 14.2.